The second kappa shape index (κ2) is 8.97. The number of nitrogens with one attached hydrogen (secondary N) is 3. The van der Waals surface area contributed by atoms with Crippen LogP contribution in [0.3, 0.4) is 0 Å². The first kappa shape index (κ1) is 19.9. The van der Waals surface area contributed by atoms with E-state index in [1.165, 1.54) is 10.8 Å². The Kier molecular flexibility index (Phi) is 5.96. The molecule has 4 rings (SSSR count). The molecule has 30 heavy (non-hydrogen) atoms. The van der Waals surface area contributed by atoms with Crippen molar-refractivity contribution in [3.8, 4) is 0 Å². The molecular weight excluding hydrogens is 370 g/mol. The maximum atomic E-state index is 12.7. The van der Waals surface area contributed by atoms with Gasteiger partial charge in [-0.3, -0.25) is 10.1 Å². The highest BCUT2D eigenvalue weighted by Gasteiger charge is 2.11. The maximum absolute atomic E-state index is 12.7. The van der Waals surface area contributed by atoms with Gasteiger partial charge in [-0.1, -0.05) is 79.7 Å². The summed E-state index contributed by atoms with van der Waals surface area (Å²) in [5.41, 5.74) is 3.11. The van der Waals surface area contributed by atoms with Crippen molar-refractivity contribution in [2.45, 2.75) is 26.4 Å². The molecule has 1 unspecified atom stereocenters. The number of anilines is 2. The number of aryl methyl sites for hydroxylation is 1. The quantitative estimate of drug-likeness (QED) is 0.359. The van der Waals surface area contributed by atoms with Gasteiger partial charge in [0, 0.05) is 16.5 Å². The van der Waals surface area contributed by atoms with Gasteiger partial charge in [-0.15, -0.1) is 0 Å². The molecule has 4 aromatic carbocycles. The molecule has 0 aromatic heterocycles. The highest BCUT2D eigenvalue weighted by molar-refractivity contribution is 6.04. The van der Waals surface area contributed by atoms with Gasteiger partial charge in [0.2, 0.25) is 5.91 Å². The largest absolute Gasteiger partial charge is 0.370 e. The maximum Gasteiger partial charge on any atom is 0.238 e. The summed E-state index contributed by atoms with van der Waals surface area (Å²) in [5, 5.41) is 14.4. The Hall–Kier alpha value is -3.37. The van der Waals surface area contributed by atoms with Gasteiger partial charge in [0.15, 0.2) is 0 Å². The van der Waals surface area contributed by atoms with E-state index < -0.39 is 0 Å². The smallest absolute Gasteiger partial charge is 0.238 e. The zero-order valence-corrected chi connectivity index (χ0v) is 17.4. The van der Waals surface area contributed by atoms with Crippen LogP contribution in [0.4, 0.5) is 11.4 Å². The lowest BCUT2D eigenvalue weighted by molar-refractivity contribution is -0.115. The van der Waals surface area contributed by atoms with Crippen LogP contribution in [0.15, 0.2) is 78.9 Å². The Morgan fingerprint density at radius 3 is 2.27 bits per heavy atom. The van der Waals surface area contributed by atoms with E-state index in [2.05, 4.69) is 71.4 Å². The molecule has 152 valence electrons. The molecule has 0 saturated heterocycles. The molecule has 4 heteroatoms. The molecule has 1 atom stereocenters. The minimum Gasteiger partial charge on any atom is -0.370 e. The normalized spacial score (nSPS) is 12.1. The van der Waals surface area contributed by atoms with Gasteiger partial charge in [0.1, 0.15) is 0 Å². The van der Waals surface area contributed by atoms with Crippen LogP contribution in [0.25, 0.3) is 21.5 Å². The van der Waals surface area contributed by atoms with Crippen molar-refractivity contribution in [3.63, 3.8) is 0 Å². The van der Waals surface area contributed by atoms with Gasteiger partial charge in [0.25, 0.3) is 0 Å². The van der Waals surface area contributed by atoms with E-state index in [1.807, 2.05) is 37.3 Å². The fraction of sp³-hybridized carbons (Fsp3) is 0.192. The third-order valence-electron chi connectivity index (χ3n) is 5.39. The zero-order valence-electron chi connectivity index (χ0n) is 17.4. The molecule has 1 amide bonds. The van der Waals surface area contributed by atoms with E-state index in [-0.39, 0.29) is 18.6 Å². The number of fused-ring (bicyclic) bond motifs is 2. The molecule has 0 heterocycles. The second-order valence-corrected chi connectivity index (χ2v) is 7.50. The molecule has 0 spiro atoms. The molecule has 0 aliphatic rings. The van der Waals surface area contributed by atoms with Gasteiger partial charge < -0.3 is 10.6 Å². The summed E-state index contributed by atoms with van der Waals surface area (Å²) in [4.78, 5) is 12.7. The van der Waals surface area contributed by atoms with E-state index in [9.17, 15) is 4.79 Å². The summed E-state index contributed by atoms with van der Waals surface area (Å²) in [7, 11) is 0. The standard InChI is InChI=1S/C26H27N3O/c1-3-19-15-16-21-10-5-7-13-23(21)26(19)29-25(30)17-27-18(2)28-24-14-8-11-20-9-4-6-12-22(20)24/h4-16,18,27-28H,3,17H2,1-2H3,(H,29,30). The number of carbonyl (C=O) groups is 1. The Morgan fingerprint density at radius 1 is 0.833 bits per heavy atom. The number of rotatable bonds is 7. The fourth-order valence-electron chi connectivity index (χ4n) is 3.82. The topological polar surface area (TPSA) is 53.2 Å². The van der Waals surface area contributed by atoms with E-state index in [1.54, 1.807) is 0 Å². The summed E-state index contributed by atoms with van der Waals surface area (Å²) in [6.45, 7) is 4.35. The number of carbonyl (C=O) groups excluding carboxylic acids is 1. The first-order valence-corrected chi connectivity index (χ1v) is 10.4. The lowest BCUT2D eigenvalue weighted by Gasteiger charge is -2.19. The molecular formula is C26H27N3O. The molecule has 0 fully saturated rings. The predicted octanol–water partition coefficient (Wildman–Crippen LogP) is 5.54. The number of benzene rings is 4. The first-order chi connectivity index (χ1) is 14.7. The van der Waals surface area contributed by atoms with Crippen LogP contribution in [0.2, 0.25) is 0 Å². The van der Waals surface area contributed by atoms with Crippen LogP contribution in [-0.4, -0.2) is 18.6 Å². The first-order valence-electron chi connectivity index (χ1n) is 10.4. The van der Waals surface area contributed by atoms with Crippen molar-refractivity contribution < 1.29 is 4.79 Å². The summed E-state index contributed by atoms with van der Waals surface area (Å²) >= 11 is 0. The van der Waals surface area contributed by atoms with E-state index >= 15 is 0 Å². The summed E-state index contributed by atoms with van der Waals surface area (Å²) in [5.74, 6) is -0.0485. The highest BCUT2D eigenvalue weighted by Crippen LogP contribution is 2.28. The summed E-state index contributed by atoms with van der Waals surface area (Å²) in [6, 6.07) is 26.8. The minimum atomic E-state index is -0.0558. The minimum absolute atomic E-state index is 0.0485. The molecule has 0 bridgehead atoms. The van der Waals surface area contributed by atoms with Crippen molar-refractivity contribution in [2.24, 2.45) is 0 Å². The number of amides is 1. The van der Waals surface area contributed by atoms with E-state index in [4.69, 9.17) is 0 Å². The number of hydrogen-bond donors (Lipinski definition) is 3. The van der Waals surface area contributed by atoms with Crippen LogP contribution in [-0.2, 0) is 11.2 Å². The molecule has 4 nitrogen and oxygen atoms in total. The Balaban J connectivity index is 1.42. The summed E-state index contributed by atoms with van der Waals surface area (Å²) in [6.07, 6.45) is 0.812. The van der Waals surface area contributed by atoms with Gasteiger partial charge in [0.05, 0.1) is 18.4 Å². The predicted molar refractivity (Wildman–Crippen MR) is 127 cm³/mol. The zero-order chi connectivity index (χ0) is 20.9. The van der Waals surface area contributed by atoms with Crippen molar-refractivity contribution in [2.75, 3.05) is 17.2 Å². The van der Waals surface area contributed by atoms with Crippen LogP contribution < -0.4 is 16.0 Å². The van der Waals surface area contributed by atoms with Crippen LogP contribution in [0.5, 0.6) is 0 Å². The Labute approximate surface area is 177 Å². The SMILES string of the molecule is CCc1ccc2ccccc2c1NC(=O)CNC(C)Nc1cccc2ccccc12. The molecule has 0 aliphatic carbocycles. The van der Waals surface area contributed by atoms with Crippen LogP contribution >= 0.6 is 0 Å². The van der Waals surface area contributed by atoms with Gasteiger partial charge in [-0.05, 0) is 35.7 Å². The average molecular weight is 398 g/mol. The second-order valence-electron chi connectivity index (χ2n) is 7.50. The number of hydrogen-bond acceptors (Lipinski definition) is 3. The van der Waals surface area contributed by atoms with Gasteiger partial charge in [-0.2, -0.15) is 0 Å². The van der Waals surface area contributed by atoms with Crippen molar-refractivity contribution in [1.29, 1.82) is 0 Å². The van der Waals surface area contributed by atoms with Crippen LogP contribution in [0, 0.1) is 0 Å². The van der Waals surface area contributed by atoms with Crippen molar-refractivity contribution >= 4 is 38.8 Å². The van der Waals surface area contributed by atoms with Gasteiger partial charge in [-0.25, -0.2) is 0 Å². The fourth-order valence-corrected chi connectivity index (χ4v) is 3.82. The molecule has 0 aliphatic heterocycles. The molecule has 4 aromatic rings. The Morgan fingerprint density at radius 2 is 1.50 bits per heavy atom. The Bertz CT molecular complexity index is 1180. The molecule has 3 N–H and O–H groups in total. The highest BCUT2D eigenvalue weighted by atomic mass is 16.1. The lowest BCUT2D eigenvalue weighted by Crippen LogP contribution is -2.39. The van der Waals surface area contributed by atoms with E-state index in [0.29, 0.717) is 0 Å². The van der Waals surface area contributed by atoms with Crippen LogP contribution in [0.1, 0.15) is 19.4 Å². The molecule has 0 radical (unpaired) electrons. The lowest BCUT2D eigenvalue weighted by atomic mass is 10.0. The molecule has 0 saturated carbocycles. The monoisotopic (exact) mass is 397 g/mol. The third kappa shape index (κ3) is 4.29. The van der Waals surface area contributed by atoms with Crippen molar-refractivity contribution in [3.05, 3.63) is 84.4 Å². The average Bonchev–Trinajstić information content (AvgIpc) is 2.78. The van der Waals surface area contributed by atoms with E-state index in [0.717, 1.165) is 34.1 Å². The summed E-state index contributed by atoms with van der Waals surface area (Å²) < 4.78 is 0. The third-order valence-corrected chi connectivity index (χ3v) is 5.39. The van der Waals surface area contributed by atoms with Gasteiger partial charge >= 0.3 is 0 Å². The van der Waals surface area contributed by atoms with Crippen molar-refractivity contribution in [1.82, 2.24) is 5.32 Å².